The Labute approximate surface area is 61.4 Å². The molecular formula is C7H4F2O2. The summed E-state index contributed by atoms with van der Waals surface area (Å²) in [6.45, 7) is 0.0395. The molecule has 1 rings (SSSR count). The topological polar surface area (TPSA) is 26.3 Å². The Bertz CT molecular complexity index is 273. The fraction of sp³-hybridized carbons (Fsp3) is 0. The molecular weight excluding hydrogens is 154 g/mol. The maximum atomic E-state index is 12.5. The van der Waals surface area contributed by atoms with Crippen molar-refractivity contribution in [2.24, 2.45) is 0 Å². The van der Waals surface area contributed by atoms with Gasteiger partial charge < -0.3 is 4.74 Å². The van der Waals surface area contributed by atoms with E-state index in [1.54, 1.807) is 0 Å². The summed E-state index contributed by atoms with van der Waals surface area (Å²) in [5.74, 6) is -2.59. The van der Waals surface area contributed by atoms with Crippen LogP contribution in [0, 0.1) is 11.6 Å². The van der Waals surface area contributed by atoms with Crippen LogP contribution in [0.15, 0.2) is 18.2 Å². The number of carbonyl (C=O) groups is 1. The zero-order valence-electron chi connectivity index (χ0n) is 5.38. The van der Waals surface area contributed by atoms with Gasteiger partial charge in [0.1, 0.15) is 0 Å². The number of rotatable bonds is 2. The molecule has 11 heavy (non-hydrogen) atoms. The second-order valence-corrected chi connectivity index (χ2v) is 1.77. The lowest BCUT2D eigenvalue weighted by Gasteiger charge is -1.98. The first-order chi connectivity index (χ1) is 5.25. The van der Waals surface area contributed by atoms with Gasteiger partial charge in [-0.05, 0) is 12.1 Å². The van der Waals surface area contributed by atoms with Gasteiger partial charge in [-0.2, -0.15) is 4.39 Å². The summed E-state index contributed by atoms with van der Waals surface area (Å²) in [5, 5.41) is 0. The molecule has 2 nitrogen and oxygen atoms in total. The lowest BCUT2D eigenvalue weighted by atomic mass is 10.3. The van der Waals surface area contributed by atoms with Gasteiger partial charge in [-0.1, -0.05) is 6.07 Å². The lowest BCUT2D eigenvalue weighted by molar-refractivity contribution is -0.120. The quantitative estimate of drug-likeness (QED) is 0.609. The van der Waals surface area contributed by atoms with Gasteiger partial charge in [0.2, 0.25) is 5.82 Å². The summed E-state index contributed by atoms with van der Waals surface area (Å²) < 4.78 is 29.0. The standard InChI is InChI=1S/C7H4F2O2/c8-5-2-1-3-6(7(5)9)11-4-10/h1-4H. The molecule has 0 heterocycles. The Morgan fingerprint density at radius 3 is 2.73 bits per heavy atom. The van der Waals surface area contributed by atoms with E-state index in [0.717, 1.165) is 12.1 Å². The molecule has 4 heteroatoms. The maximum Gasteiger partial charge on any atom is 0.298 e. The molecule has 0 fully saturated rings. The summed E-state index contributed by atoms with van der Waals surface area (Å²) in [4.78, 5) is 9.73. The van der Waals surface area contributed by atoms with Crippen LogP contribution in [0.5, 0.6) is 5.75 Å². The summed E-state index contributed by atoms with van der Waals surface area (Å²) >= 11 is 0. The molecule has 0 aliphatic heterocycles. The maximum absolute atomic E-state index is 12.5. The van der Waals surface area contributed by atoms with Crippen LogP contribution in [-0.4, -0.2) is 6.47 Å². The zero-order chi connectivity index (χ0) is 8.27. The normalized spacial score (nSPS) is 9.27. The minimum atomic E-state index is -1.15. The SMILES string of the molecule is O=COc1cccc(F)c1F. The van der Waals surface area contributed by atoms with Crippen molar-refractivity contribution in [1.82, 2.24) is 0 Å². The number of ether oxygens (including phenoxy) is 1. The first-order valence-corrected chi connectivity index (χ1v) is 2.80. The van der Waals surface area contributed by atoms with Crippen LogP contribution in [0.3, 0.4) is 0 Å². The molecule has 0 saturated carbocycles. The van der Waals surface area contributed by atoms with Crippen molar-refractivity contribution < 1.29 is 18.3 Å². The molecule has 0 bridgehead atoms. The van der Waals surface area contributed by atoms with Crippen LogP contribution in [-0.2, 0) is 4.79 Å². The highest BCUT2D eigenvalue weighted by Crippen LogP contribution is 2.17. The lowest BCUT2D eigenvalue weighted by Crippen LogP contribution is -1.93. The van der Waals surface area contributed by atoms with E-state index in [9.17, 15) is 13.6 Å². The summed E-state index contributed by atoms with van der Waals surface area (Å²) in [6, 6.07) is 3.34. The molecule has 0 atom stereocenters. The zero-order valence-corrected chi connectivity index (χ0v) is 5.38. The van der Waals surface area contributed by atoms with Crippen molar-refractivity contribution in [1.29, 1.82) is 0 Å². The molecule has 0 unspecified atom stereocenters. The van der Waals surface area contributed by atoms with E-state index in [-0.39, 0.29) is 6.47 Å². The van der Waals surface area contributed by atoms with E-state index in [1.807, 2.05) is 0 Å². The molecule has 0 saturated heterocycles. The van der Waals surface area contributed by atoms with Crippen molar-refractivity contribution in [2.75, 3.05) is 0 Å². The smallest absolute Gasteiger partial charge is 0.298 e. The highest BCUT2D eigenvalue weighted by atomic mass is 19.2. The van der Waals surface area contributed by atoms with Crippen LogP contribution in [0.4, 0.5) is 8.78 Å². The number of hydrogen-bond acceptors (Lipinski definition) is 2. The Balaban J connectivity index is 3.05. The molecule has 0 N–H and O–H groups in total. The molecule has 0 amide bonds. The van der Waals surface area contributed by atoms with Gasteiger partial charge in [-0.25, -0.2) is 4.39 Å². The fourth-order valence-electron chi connectivity index (χ4n) is 0.627. The number of hydrogen-bond donors (Lipinski definition) is 0. The van der Waals surface area contributed by atoms with Crippen LogP contribution < -0.4 is 4.74 Å². The Hall–Kier alpha value is -1.45. The van der Waals surface area contributed by atoms with E-state index in [4.69, 9.17) is 0 Å². The fourth-order valence-corrected chi connectivity index (χ4v) is 0.627. The third kappa shape index (κ3) is 1.52. The molecule has 1 aromatic rings. The van der Waals surface area contributed by atoms with Gasteiger partial charge >= 0.3 is 0 Å². The van der Waals surface area contributed by atoms with E-state index >= 15 is 0 Å². The molecule has 1 aromatic carbocycles. The van der Waals surface area contributed by atoms with Gasteiger partial charge in [0, 0.05) is 0 Å². The molecule has 58 valence electrons. The van der Waals surface area contributed by atoms with E-state index in [0.29, 0.717) is 0 Å². The minimum absolute atomic E-state index is 0.0395. The van der Waals surface area contributed by atoms with E-state index in [1.165, 1.54) is 6.07 Å². The van der Waals surface area contributed by atoms with Crippen molar-refractivity contribution in [3.63, 3.8) is 0 Å². The number of benzene rings is 1. The number of halogens is 2. The average molecular weight is 158 g/mol. The first-order valence-electron chi connectivity index (χ1n) is 2.80. The van der Waals surface area contributed by atoms with Crippen LogP contribution in [0.25, 0.3) is 0 Å². The molecule has 0 spiro atoms. The minimum Gasteiger partial charge on any atom is -0.425 e. The largest absolute Gasteiger partial charge is 0.425 e. The highest BCUT2D eigenvalue weighted by Gasteiger charge is 2.07. The number of carbonyl (C=O) groups excluding carboxylic acids is 1. The van der Waals surface area contributed by atoms with Crippen molar-refractivity contribution >= 4 is 6.47 Å². The third-order valence-corrected chi connectivity index (χ3v) is 1.09. The molecule has 0 aromatic heterocycles. The first kappa shape index (κ1) is 7.65. The summed E-state index contributed by atoms with van der Waals surface area (Å²) in [7, 11) is 0. The van der Waals surface area contributed by atoms with Crippen molar-refractivity contribution in [3.8, 4) is 5.75 Å². The van der Waals surface area contributed by atoms with Gasteiger partial charge in [-0.3, -0.25) is 4.79 Å². The third-order valence-electron chi connectivity index (χ3n) is 1.09. The Morgan fingerprint density at radius 1 is 1.36 bits per heavy atom. The van der Waals surface area contributed by atoms with Crippen molar-refractivity contribution in [2.45, 2.75) is 0 Å². The van der Waals surface area contributed by atoms with Crippen LogP contribution in [0.1, 0.15) is 0 Å². The Morgan fingerprint density at radius 2 is 2.09 bits per heavy atom. The predicted molar refractivity (Wildman–Crippen MR) is 33.1 cm³/mol. The summed E-state index contributed by atoms with van der Waals surface area (Å²) in [6.07, 6.45) is 0. The monoisotopic (exact) mass is 158 g/mol. The second kappa shape index (κ2) is 3.09. The van der Waals surface area contributed by atoms with Crippen molar-refractivity contribution in [3.05, 3.63) is 29.8 Å². The molecule has 0 radical (unpaired) electrons. The molecule has 0 aliphatic carbocycles. The average Bonchev–Trinajstić information content (AvgIpc) is 1.99. The molecule has 0 aliphatic rings. The van der Waals surface area contributed by atoms with Crippen LogP contribution >= 0.6 is 0 Å². The van der Waals surface area contributed by atoms with Gasteiger partial charge in [0.05, 0.1) is 0 Å². The second-order valence-electron chi connectivity index (χ2n) is 1.77. The predicted octanol–water partition coefficient (Wildman–Crippen LogP) is 1.50. The van der Waals surface area contributed by atoms with Gasteiger partial charge in [0.15, 0.2) is 11.6 Å². The Kier molecular flexibility index (Phi) is 2.15. The van der Waals surface area contributed by atoms with E-state index < -0.39 is 17.4 Å². The highest BCUT2D eigenvalue weighted by molar-refractivity contribution is 5.45. The van der Waals surface area contributed by atoms with E-state index in [2.05, 4.69) is 4.74 Å². The van der Waals surface area contributed by atoms with Gasteiger partial charge in [-0.15, -0.1) is 0 Å². The van der Waals surface area contributed by atoms with Crippen LogP contribution in [0.2, 0.25) is 0 Å². The summed E-state index contributed by atoms with van der Waals surface area (Å²) in [5.41, 5.74) is 0. The van der Waals surface area contributed by atoms with Gasteiger partial charge in [0.25, 0.3) is 6.47 Å².